The van der Waals surface area contributed by atoms with Crippen molar-refractivity contribution in [3.63, 3.8) is 0 Å². The lowest BCUT2D eigenvalue weighted by Crippen LogP contribution is -2.01. The summed E-state index contributed by atoms with van der Waals surface area (Å²) in [6.45, 7) is 0.797. The molecule has 1 unspecified atom stereocenters. The molecular weight excluding hydrogens is 312 g/mol. The monoisotopic (exact) mass is 328 g/mol. The molecule has 1 aliphatic carbocycles. The minimum absolute atomic E-state index is 0.381. The van der Waals surface area contributed by atoms with Gasteiger partial charge in [0.2, 0.25) is 0 Å². The van der Waals surface area contributed by atoms with Crippen molar-refractivity contribution in [2.45, 2.75) is 43.4 Å². The van der Waals surface area contributed by atoms with Gasteiger partial charge in [0.15, 0.2) is 0 Å². The van der Waals surface area contributed by atoms with Gasteiger partial charge in [-0.15, -0.1) is 0 Å². The fourth-order valence-corrected chi connectivity index (χ4v) is 4.31. The van der Waals surface area contributed by atoms with E-state index in [0.29, 0.717) is 4.83 Å². The smallest absolute Gasteiger partial charge is 0.127 e. The van der Waals surface area contributed by atoms with E-state index in [4.69, 9.17) is 16.3 Å². The number of fused-ring (bicyclic) bond motifs is 1. The van der Waals surface area contributed by atoms with E-state index in [9.17, 15) is 0 Å². The van der Waals surface area contributed by atoms with Crippen LogP contribution >= 0.6 is 27.5 Å². The Morgan fingerprint density at radius 3 is 2.89 bits per heavy atom. The highest BCUT2D eigenvalue weighted by molar-refractivity contribution is 9.09. The molecule has 1 saturated carbocycles. The standard InChI is InChI=1S/C15H18BrClO/c16-14(7-10-3-1-2-4-10)13-9-12(17)8-11-5-6-18-15(11)13/h8-10,14H,1-7H2. The van der Waals surface area contributed by atoms with E-state index < -0.39 is 0 Å². The lowest BCUT2D eigenvalue weighted by atomic mass is 9.96. The van der Waals surface area contributed by atoms with Crippen LogP contribution in [0.1, 0.15) is 48.1 Å². The molecule has 98 valence electrons. The minimum Gasteiger partial charge on any atom is -0.493 e. The van der Waals surface area contributed by atoms with Crippen LogP contribution in [0.25, 0.3) is 0 Å². The first kappa shape index (κ1) is 12.8. The summed E-state index contributed by atoms with van der Waals surface area (Å²) in [6.07, 6.45) is 7.75. The number of rotatable bonds is 3. The Balaban J connectivity index is 1.82. The molecule has 3 heteroatoms. The van der Waals surface area contributed by atoms with Gasteiger partial charge < -0.3 is 4.74 Å². The summed E-state index contributed by atoms with van der Waals surface area (Å²) < 4.78 is 5.78. The van der Waals surface area contributed by atoms with Gasteiger partial charge in [0.1, 0.15) is 5.75 Å². The Hall–Kier alpha value is -0.210. The first-order valence-electron chi connectivity index (χ1n) is 6.83. The quantitative estimate of drug-likeness (QED) is 0.684. The van der Waals surface area contributed by atoms with E-state index in [1.807, 2.05) is 6.07 Å². The highest BCUT2D eigenvalue weighted by Crippen LogP contribution is 2.44. The third-order valence-electron chi connectivity index (χ3n) is 4.13. The van der Waals surface area contributed by atoms with E-state index in [1.54, 1.807) is 0 Å². The molecule has 18 heavy (non-hydrogen) atoms. The predicted octanol–water partition coefficient (Wildman–Crippen LogP) is 5.29. The lowest BCUT2D eigenvalue weighted by molar-refractivity contribution is 0.352. The predicted molar refractivity (Wildman–Crippen MR) is 78.9 cm³/mol. The molecule has 1 atom stereocenters. The van der Waals surface area contributed by atoms with Crippen LogP contribution in [0.5, 0.6) is 5.75 Å². The molecule has 0 N–H and O–H groups in total. The van der Waals surface area contributed by atoms with Crippen molar-refractivity contribution in [3.05, 3.63) is 28.3 Å². The van der Waals surface area contributed by atoms with Crippen LogP contribution in [-0.4, -0.2) is 6.61 Å². The first-order chi connectivity index (χ1) is 8.74. The van der Waals surface area contributed by atoms with Gasteiger partial charge in [0.25, 0.3) is 0 Å². The van der Waals surface area contributed by atoms with Gasteiger partial charge in [-0.3, -0.25) is 0 Å². The molecule has 1 fully saturated rings. The van der Waals surface area contributed by atoms with Crippen molar-refractivity contribution in [1.82, 2.24) is 0 Å². The van der Waals surface area contributed by atoms with Crippen LogP contribution in [-0.2, 0) is 6.42 Å². The van der Waals surface area contributed by atoms with Gasteiger partial charge in [-0.05, 0) is 30.0 Å². The number of hydrogen-bond donors (Lipinski definition) is 0. The fourth-order valence-electron chi connectivity index (χ4n) is 3.20. The van der Waals surface area contributed by atoms with Crippen molar-refractivity contribution in [2.24, 2.45) is 5.92 Å². The average molecular weight is 330 g/mol. The second-order valence-electron chi connectivity index (χ2n) is 5.44. The zero-order valence-corrected chi connectivity index (χ0v) is 12.8. The normalized spacial score (nSPS) is 20.8. The molecule has 2 aliphatic rings. The Morgan fingerprint density at radius 1 is 1.33 bits per heavy atom. The molecule has 3 rings (SSSR count). The van der Waals surface area contributed by atoms with E-state index >= 15 is 0 Å². The zero-order valence-electron chi connectivity index (χ0n) is 10.4. The first-order valence-corrected chi connectivity index (χ1v) is 8.12. The molecule has 0 spiro atoms. The molecular formula is C15H18BrClO. The number of ether oxygens (including phenoxy) is 1. The maximum Gasteiger partial charge on any atom is 0.127 e. The molecule has 1 nitrogen and oxygen atoms in total. The Morgan fingerprint density at radius 2 is 2.11 bits per heavy atom. The van der Waals surface area contributed by atoms with E-state index in [-0.39, 0.29) is 0 Å². The van der Waals surface area contributed by atoms with Crippen LogP contribution in [0, 0.1) is 5.92 Å². The molecule has 0 radical (unpaired) electrons. The van der Waals surface area contributed by atoms with Gasteiger partial charge in [-0.25, -0.2) is 0 Å². The summed E-state index contributed by atoms with van der Waals surface area (Å²) in [5, 5.41) is 0.838. The third kappa shape index (κ3) is 2.55. The second kappa shape index (κ2) is 5.42. The summed E-state index contributed by atoms with van der Waals surface area (Å²) in [4.78, 5) is 0.381. The lowest BCUT2D eigenvalue weighted by Gasteiger charge is -2.18. The van der Waals surface area contributed by atoms with Gasteiger partial charge >= 0.3 is 0 Å². The fraction of sp³-hybridized carbons (Fsp3) is 0.600. The molecule has 1 aliphatic heterocycles. The Kier molecular flexibility index (Phi) is 3.86. The molecule has 0 amide bonds. The maximum atomic E-state index is 6.21. The van der Waals surface area contributed by atoms with Crippen LogP contribution in [0.2, 0.25) is 5.02 Å². The summed E-state index contributed by atoms with van der Waals surface area (Å²) >= 11 is 10.1. The van der Waals surface area contributed by atoms with Crippen LogP contribution < -0.4 is 4.74 Å². The SMILES string of the molecule is Clc1cc2c(c(C(Br)CC3CCCC3)c1)OCC2. The number of benzene rings is 1. The van der Waals surface area contributed by atoms with Gasteiger partial charge in [0, 0.05) is 21.8 Å². The summed E-state index contributed by atoms with van der Waals surface area (Å²) in [7, 11) is 0. The number of halogens is 2. The number of alkyl halides is 1. The van der Waals surface area contributed by atoms with Crippen LogP contribution in [0.4, 0.5) is 0 Å². The maximum absolute atomic E-state index is 6.21. The van der Waals surface area contributed by atoms with E-state index in [0.717, 1.165) is 29.7 Å². The van der Waals surface area contributed by atoms with Crippen molar-refractivity contribution in [2.75, 3.05) is 6.61 Å². The van der Waals surface area contributed by atoms with E-state index in [2.05, 4.69) is 22.0 Å². The highest BCUT2D eigenvalue weighted by Gasteiger charge is 2.25. The van der Waals surface area contributed by atoms with Gasteiger partial charge in [-0.2, -0.15) is 0 Å². The second-order valence-corrected chi connectivity index (χ2v) is 6.98. The largest absolute Gasteiger partial charge is 0.493 e. The molecule has 0 saturated heterocycles. The third-order valence-corrected chi connectivity index (χ3v) is 5.21. The molecule has 1 aromatic rings. The topological polar surface area (TPSA) is 9.23 Å². The highest BCUT2D eigenvalue weighted by atomic mass is 79.9. The Bertz CT molecular complexity index is 440. The number of hydrogen-bond acceptors (Lipinski definition) is 1. The van der Waals surface area contributed by atoms with Crippen molar-refractivity contribution in [1.29, 1.82) is 0 Å². The van der Waals surface area contributed by atoms with Crippen LogP contribution in [0.3, 0.4) is 0 Å². The van der Waals surface area contributed by atoms with Crippen molar-refractivity contribution < 1.29 is 4.74 Å². The summed E-state index contributed by atoms with van der Waals surface area (Å²) in [5.41, 5.74) is 2.52. The average Bonchev–Trinajstić information content (AvgIpc) is 2.97. The summed E-state index contributed by atoms with van der Waals surface area (Å²) in [5.74, 6) is 1.95. The molecule has 0 bridgehead atoms. The molecule has 0 aromatic heterocycles. The molecule has 1 heterocycles. The van der Waals surface area contributed by atoms with Gasteiger partial charge in [0.05, 0.1) is 6.61 Å². The minimum atomic E-state index is 0.381. The molecule has 1 aromatic carbocycles. The van der Waals surface area contributed by atoms with Crippen molar-refractivity contribution >= 4 is 27.5 Å². The van der Waals surface area contributed by atoms with Crippen molar-refractivity contribution in [3.8, 4) is 5.75 Å². The van der Waals surface area contributed by atoms with Crippen LogP contribution in [0.15, 0.2) is 12.1 Å². The van der Waals surface area contributed by atoms with Gasteiger partial charge in [-0.1, -0.05) is 53.2 Å². The van der Waals surface area contributed by atoms with E-state index in [1.165, 1.54) is 43.2 Å². The Labute approximate surface area is 122 Å². The zero-order chi connectivity index (χ0) is 12.5. The summed E-state index contributed by atoms with van der Waals surface area (Å²) in [6, 6.07) is 4.11.